The number of aromatic nitrogens is 3. The Balaban J connectivity index is 1.52. The number of anilines is 1. The summed E-state index contributed by atoms with van der Waals surface area (Å²) in [5, 5.41) is 11.8. The number of rotatable bonds is 8. The minimum Gasteiger partial charge on any atom is -0.325 e. The second kappa shape index (κ2) is 10.9. The summed E-state index contributed by atoms with van der Waals surface area (Å²) in [6, 6.07) is 13.0. The molecule has 0 saturated carbocycles. The van der Waals surface area contributed by atoms with Gasteiger partial charge in [-0.1, -0.05) is 18.2 Å². The zero-order chi connectivity index (χ0) is 24.1. The van der Waals surface area contributed by atoms with Crippen LogP contribution >= 0.6 is 11.8 Å². The number of piperidine rings is 1. The number of ketones is 1. The van der Waals surface area contributed by atoms with Crippen molar-refractivity contribution < 1.29 is 14.0 Å². The Hall–Kier alpha value is -3.04. The predicted molar refractivity (Wildman–Crippen MR) is 131 cm³/mol. The van der Waals surface area contributed by atoms with Crippen LogP contribution in [0.15, 0.2) is 53.7 Å². The van der Waals surface area contributed by atoms with E-state index in [0.717, 1.165) is 37.4 Å². The zero-order valence-electron chi connectivity index (χ0n) is 19.3. The van der Waals surface area contributed by atoms with Crippen LogP contribution < -0.4 is 5.32 Å². The van der Waals surface area contributed by atoms with E-state index in [4.69, 9.17) is 0 Å². The van der Waals surface area contributed by atoms with Gasteiger partial charge in [-0.25, -0.2) is 4.39 Å². The number of carbonyl (C=O) groups is 2. The van der Waals surface area contributed by atoms with Crippen molar-refractivity contribution in [2.24, 2.45) is 0 Å². The number of hydrogen-bond acceptors (Lipinski definition) is 6. The number of nitrogens with one attached hydrogen (secondary N) is 1. The standard InChI is InChI=1S/C25H28FN5O2S/c1-17(32)19-6-10-21(11-7-19)27-24(33)18(2)34-25-29-28-23(16-30-14-4-3-5-15-30)31(25)22-12-8-20(26)9-13-22/h6-13,18H,3-5,14-16H2,1-2H3,(H,27,33). The molecule has 1 aromatic heterocycles. The molecule has 0 radical (unpaired) electrons. The quantitative estimate of drug-likeness (QED) is 0.371. The summed E-state index contributed by atoms with van der Waals surface area (Å²) in [4.78, 5) is 26.6. The van der Waals surface area contributed by atoms with Crippen LogP contribution in [0.25, 0.3) is 5.69 Å². The van der Waals surface area contributed by atoms with Gasteiger partial charge in [0, 0.05) is 16.9 Å². The van der Waals surface area contributed by atoms with Gasteiger partial charge in [-0.15, -0.1) is 10.2 Å². The lowest BCUT2D eigenvalue weighted by Gasteiger charge is -2.26. The van der Waals surface area contributed by atoms with E-state index in [1.54, 1.807) is 43.3 Å². The normalized spacial score (nSPS) is 15.1. The molecule has 1 N–H and O–H groups in total. The largest absolute Gasteiger partial charge is 0.325 e. The number of halogens is 1. The third kappa shape index (κ3) is 5.90. The average molecular weight is 482 g/mol. The highest BCUT2D eigenvalue weighted by Gasteiger charge is 2.23. The predicted octanol–water partition coefficient (Wildman–Crippen LogP) is 4.71. The maximum atomic E-state index is 13.6. The Bertz CT molecular complexity index is 1140. The van der Waals surface area contributed by atoms with E-state index >= 15 is 0 Å². The lowest BCUT2D eigenvalue weighted by Crippen LogP contribution is -2.30. The number of amides is 1. The third-order valence-electron chi connectivity index (χ3n) is 5.81. The van der Waals surface area contributed by atoms with Gasteiger partial charge in [0.2, 0.25) is 5.91 Å². The molecular formula is C25H28FN5O2S. The van der Waals surface area contributed by atoms with Gasteiger partial charge in [-0.05, 0) is 88.3 Å². The van der Waals surface area contributed by atoms with Crippen molar-refractivity contribution in [3.63, 3.8) is 0 Å². The molecule has 4 rings (SSSR count). The van der Waals surface area contributed by atoms with E-state index in [9.17, 15) is 14.0 Å². The topological polar surface area (TPSA) is 80.1 Å². The highest BCUT2D eigenvalue weighted by atomic mass is 32.2. The third-order valence-corrected chi connectivity index (χ3v) is 6.85. The summed E-state index contributed by atoms with van der Waals surface area (Å²) in [6.07, 6.45) is 3.57. The number of likely N-dealkylation sites (tertiary alicyclic amines) is 1. The number of thioether (sulfide) groups is 1. The van der Waals surface area contributed by atoms with Gasteiger partial charge in [-0.2, -0.15) is 0 Å². The van der Waals surface area contributed by atoms with Gasteiger partial charge in [0.15, 0.2) is 16.8 Å². The highest BCUT2D eigenvalue weighted by Crippen LogP contribution is 2.28. The molecule has 1 atom stereocenters. The fraction of sp³-hybridized carbons (Fsp3) is 0.360. The smallest absolute Gasteiger partial charge is 0.237 e. The SMILES string of the molecule is CC(=O)c1ccc(NC(=O)C(C)Sc2nnc(CN3CCCCC3)n2-c2ccc(F)cc2)cc1. The Morgan fingerprint density at radius 2 is 1.71 bits per heavy atom. The molecular weight excluding hydrogens is 453 g/mol. The molecule has 3 aromatic rings. The summed E-state index contributed by atoms with van der Waals surface area (Å²) in [5.74, 6) is 0.240. The van der Waals surface area contributed by atoms with Gasteiger partial charge in [0.25, 0.3) is 0 Å². The molecule has 1 aliphatic rings. The first-order valence-electron chi connectivity index (χ1n) is 11.4. The summed E-state index contributed by atoms with van der Waals surface area (Å²) >= 11 is 1.30. The molecule has 178 valence electrons. The van der Waals surface area contributed by atoms with Crippen molar-refractivity contribution >= 4 is 29.1 Å². The maximum absolute atomic E-state index is 13.6. The molecule has 1 amide bonds. The van der Waals surface area contributed by atoms with Crippen LogP contribution in [-0.4, -0.2) is 49.7 Å². The Morgan fingerprint density at radius 3 is 2.35 bits per heavy atom. The first-order valence-corrected chi connectivity index (χ1v) is 12.3. The van der Waals surface area contributed by atoms with Crippen LogP contribution in [0.4, 0.5) is 10.1 Å². The van der Waals surface area contributed by atoms with Gasteiger partial charge in [-0.3, -0.25) is 19.1 Å². The van der Waals surface area contributed by atoms with Crippen molar-refractivity contribution in [3.8, 4) is 5.69 Å². The maximum Gasteiger partial charge on any atom is 0.237 e. The van der Waals surface area contributed by atoms with Gasteiger partial charge in [0.1, 0.15) is 5.82 Å². The molecule has 1 unspecified atom stereocenters. The number of hydrogen-bond donors (Lipinski definition) is 1. The van der Waals surface area contributed by atoms with Gasteiger partial charge < -0.3 is 5.32 Å². The van der Waals surface area contributed by atoms with Crippen molar-refractivity contribution in [2.75, 3.05) is 18.4 Å². The summed E-state index contributed by atoms with van der Waals surface area (Å²) in [5.41, 5.74) is 1.97. The van der Waals surface area contributed by atoms with E-state index in [-0.39, 0.29) is 17.5 Å². The highest BCUT2D eigenvalue weighted by molar-refractivity contribution is 8.00. The summed E-state index contributed by atoms with van der Waals surface area (Å²) in [7, 11) is 0. The van der Waals surface area contributed by atoms with Crippen LogP contribution in [0.5, 0.6) is 0 Å². The van der Waals surface area contributed by atoms with Crippen LogP contribution in [0.3, 0.4) is 0 Å². The summed E-state index contributed by atoms with van der Waals surface area (Å²) in [6.45, 7) is 5.98. The Labute approximate surface area is 202 Å². The molecule has 0 bridgehead atoms. The fourth-order valence-corrected chi connectivity index (χ4v) is 4.78. The van der Waals surface area contributed by atoms with Crippen LogP contribution in [0, 0.1) is 5.82 Å². The van der Waals surface area contributed by atoms with E-state index in [1.807, 2.05) is 4.57 Å². The molecule has 0 aliphatic carbocycles. The average Bonchev–Trinajstić information content (AvgIpc) is 3.22. The molecule has 1 fully saturated rings. The van der Waals surface area contributed by atoms with E-state index < -0.39 is 5.25 Å². The molecule has 2 aromatic carbocycles. The lowest BCUT2D eigenvalue weighted by molar-refractivity contribution is -0.115. The molecule has 1 aliphatic heterocycles. The van der Waals surface area contributed by atoms with Crippen molar-refractivity contribution in [1.29, 1.82) is 0 Å². The van der Waals surface area contributed by atoms with E-state index in [2.05, 4.69) is 20.4 Å². The minimum atomic E-state index is -0.460. The minimum absolute atomic E-state index is 0.0257. The van der Waals surface area contributed by atoms with Crippen molar-refractivity contribution in [3.05, 3.63) is 65.7 Å². The molecule has 34 heavy (non-hydrogen) atoms. The molecule has 0 spiro atoms. The second-order valence-electron chi connectivity index (χ2n) is 8.43. The van der Waals surface area contributed by atoms with Crippen LogP contribution in [0.1, 0.15) is 49.3 Å². The first-order chi connectivity index (χ1) is 16.4. The monoisotopic (exact) mass is 481 g/mol. The second-order valence-corrected chi connectivity index (χ2v) is 9.74. The van der Waals surface area contributed by atoms with E-state index in [1.165, 1.54) is 37.2 Å². The Kier molecular flexibility index (Phi) is 7.74. The van der Waals surface area contributed by atoms with Gasteiger partial charge >= 0.3 is 0 Å². The van der Waals surface area contributed by atoms with Crippen molar-refractivity contribution in [1.82, 2.24) is 19.7 Å². The number of benzene rings is 2. The number of Topliss-reactive ketones (excluding diaryl/α,β-unsaturated/α-hetero) is 1. The lowest BCUT2D eigenvalue weighted by atomic mass is 10.1. The zero-order valence-corrected chi connectivity index (χ0v) is 20.1. The molecule has 1 saturated heterocycles. The molecule has 9 heteroatoms. The summed E-state index contributed by atoms with van der Waals surface area (Å²) < 4.78 is 15.5. The van der Waals surface area contributed by atoms with Crippen LogP contribution in [0.2, 0.25) is 0 Å². The number of nitrogens with zero attached hydrogens (tertiary/aromatic N) is 4. The fourth-order valence-electron chi connectivity index (χ4n) is 3.89. The van der Waals surface area contributed by atoms with E-state index in [0.29, 0.717) is 23.0 Å². The van der Waals surface area contributed by atoms with Crippen molar-refractivity contribution in [2.45, 2.75) is 50.1 Å². The first kappa shape index (κ1) is 24.1. The Morgan fingerprint density at radius 1 is 1.03 bits per heavy atom. The molecule has 7 nitrogen and oxygen atoms in total. The number of carbonyl (C=O) groups excluding carboxylic acids is 2. The molecule has 2 heterocycles. The van der Waals surface area contributed by atoms with Crippen LogP contribution in [-0.2, 0) is 11.3 Å². The van der Waals surface area contributed by atoms with Gasteiger partial charge in [0.05, 0.1) is 11.8 Å².